The van der Waals surface area contributed by atoms with Crippen molar-refractivity contribution >= 4 is 6.03 Å². The van der Waals surface area contributed by atoms with Gasteiger partial charge >= 0.3 is 12.2 Å². The van der Waals surface area contributed by atoms with Crippen molar-refractivity contribution in [1.29, 1.82) is 0 Å². The molecule has 1 N–H and O–H groups in total. The van der Waals surface area contributed by atoms with E-state index in [-0.39, 0.29) is 24.7 Å². The Bertz CT molecular complexity index is 841. The summed E-state index contributed by atoms with van der Waals surface area (Å²) in [5.41, 5.74) is -0.123. The molecule has 1 aliphatic carbocycles. The van der Waals surface area contributed by atoms with Crippen molar-refractivity contribution in [3.8, 4) is 0 Å². The number of nitrogens with one attached hydrogen (secondary N) is 1. The van der Waals surface area contributed by atoms with E-state index in [4.69, 9.17) is 0 Å². The zero-order chi connectivity index (χ0) is 21.7. The third kappa shape index (κ3) is 5.77. The fourth-order valence-electron chi connectivity index (χ4n) is 3.92. The van der Waals surface area contributed by atoms with E-state index in [2.05, 4.69) is 10.3 Å². The molecule has 1 fully saturated rings. The quantitative estimate of drug-likeness (QED) is 0.695. The van der Waals surface area contributed by atoms with Crippen LogP contribution in [0, 0.1) is 0 Å². The van der Waals surface area contributed by atoms with Gasteiger partial charge in [0.1, 0.15) is 5.82 Å². The Morgan fingerprint density at radius 2 is 2.00 bits per heavy atom. The van der Waals surface area contributed by atoms with E-state index in [0.717, 1.165) is 37.8 Å². The summed E-state index contributed by atoms with van der Waals surface area (Å²) in [5.74, 6) is 0.664. The molecular weight excluding hydrogens is 393 g/mol. The SMILES string of the molecule is CC(C)NC(=O)N(Cc1nccn1Cc1cccc(C(F)(F)F)c1)C1CCCCC1. The summed E-state index contributed by atoms with van der Waals surface area (Å²) < 4.78 is 40.9. The number of carbonyl (C=O) groups is 1. The van der Waals surface area contributed by atoms with Crippen LogP contribution in [0.3, 0.4) is 0 Å². The third-order valence-corrected chi connectivity index (χ3v) is 5.41. The second kappa shape index (κ2) is 9.53. The summed E-state index contributed by atoms with van der Waals surface area (Å²) >= 11 is 0. The monoisotopic (exact) mass is 422 g/mol. The third-order valence-electron chi connectivity index (χ3n) is 5.41. The summed E-state index contributed by atoms with van der Waals surface area (Å²) in [7, 11) is 0. The number of alkyl halides is 3. The smallest absolute Gasteiger partial charge is 0.336 e. The highest BCUT2D eigenvalue weighted by Gasteiger charge is 2.30. The van der Waals surface area contributed by atoms with Gasteiger partial charge in [-0.2, -0.15) is 13.2 Å². The lowest BCUT2D eigenvalue weighted by Crippen LogP contribution is -2.48. The average molecular weight is 422 g/mol. The van der Waals surface area contributed by atoms with Crippen molar-refractivity contribution in [3.05, 3.63) is 53.6 Å². The number of halogens is 3. The predicted molar refractivity (Wildman–Crippen MR) is 109 cm³/mol. The van der Waals surface area contributed by atoms with Crippen molar-refractivity contribution in [3.63, 3.8) is 0 Å². The number of nitrogens with zero attached hydrogens (tertiary/aromatic N) is 3. The number of aromatic nitrogens is 2. The number of carbonyl (C=O) groups excluding carboxylic acids is 1. The highest BCUT2D eigenvalue weighted by molar-refractivity contribution is 5.74. The van der Waals surface area contributed by atoms with E-state index < -0.39 is 11.7 Å². The second-order valence-corrected chi connectivity index (χ2v) is 8.19. The van der Waals surface area contributed by atoms with Gasteiger partial charge in [-0.25, -0.2) is 9.78 Å². The number of imidazole rings is 1. The fourth-order valence-corrected chi connectivity index (χ4v) is 3.92. The molecule has 0 radical (unpaired) electrons. The van der Waals surface area contributed by atoms with Crippen molar-refractivity contribution in [2.45, 2.75) is 77.3 Å². The molecule has 0 spiro atoms. The second-order valence-electron chi connectivity index (χ2n) is 8.19. The molecular formula is C22H29F3N4O. The Kier molecular flexibility index (Phi) is 7.05. The van der Waals surface area contributed by atoms with Crippen LogP contribution < -0.4 is 5.32 Å². The highest BCUT2D eigenvalue weighted by Crippen LogP contribution is 2.30. The molecule has 30 heavy (non-hydrogen) atoms. The zero-order valence-corrected chi connectivity index (χ0v) is 17.5. The van der Waals surface area contributed by atoms with Crippen LogP contribution in [0.25, 0.3) is 0 Å². The molecule has 0 unspecified atom stereocenters. The molecule has 1 saturated carbocycles. The number of urea groups is 1. The fraction of sp³-hybridized carbons (Fsp3) is 0.545. The summed E-state index contributed by atoms with van der Waals surface area (Å²) in [5, 5.41) is 2.97. The van der Waals surface area contributed by atoms with E-state index in [1.807, 2.05) is 23.3 Å². The molecule has 0 atom stereocenters. The van der Waals surface area contributed by atoms with E-state index >= 15 is 0 Å². The van der Waals surface area contributed by atoms with Crippen LogP contribution >= 0.6 is 0 Å². The molecule has 8 heteroatoms. The number of amides is 2. The molecule has 1 aromatic carbocycles. The summed E-state index contributed by atoms with van der Waals surface area (Å²) in [6.07, 6.45) is 4.28. The Morgan fingerprint density at radius 3 is 2.67 bits per heavy atom. The van der Waals surface area contributed by atoms with Gasteiger partial charge in [-0.3, -0.25) is 0 Å². The largest absolute Gasteiger partial charge is 0.416 e. The van der Waals surface area contributed by atoms with Crippen LogP contribution in [0.1, 0.15) is 62.9 Å². The molecule has 1 aromatic heterocycles. The van der Waals surface area contributed by atoms with E-state index in [0.29, 0.717) is 17.9 Å². The Balaban J connectivity index is 1.79. The minimum Gasteiger partial charge on any atom is -0.336 e. The molecule has 1 heterocycles. The highest BCUT2D eigenvalue weighted by atomic mass is 19.4. The lowest BCUT2D eigenvalue weighted by molar-refractivity contribution is -0.137. The number of rotatable bonds is 6. The molecule has 3 rings (SSSR count). The lowest BCUT2D eigenvalue weighted by Gasteiger charge is -2.34. The predicted octanol–water partition coefficient (Wildman–Crippen LogP) is 5.20. The van der Waals surface area contributed by atoms with Gasteiger partial charge in [0.2, 0.25) is 0 Å². The van der Waals surface area contributed by atoms with Crippen LogP contribution in [-0.2, 0) is 19.3 Å². The van der Waals surface area contributed by atoms with Gasteiger partial charge in [-0.05, 0) is 44.4 Å². The van der Waals surface area contributed by atoms with Gasteiger partial charge in [-0.1, -0.05) is 31.4 Å². The van der Waals surface area contributed by atoms with Crippen molar-refractivity contribution < 1.29 is 18.0 Å². The first-order valence-corrected chi connectivity index (χ1v) is 10.5. The molecule has 5 nitrogen and oxygen atoms in total. The van der Waals surface area contributed by atoms with Gasteiger partial charge in [0.25, 0.3) is 0 Å². The standard InChI is InChI=1S/C22H29F3N4O/c1-16(2)27-21(30)29(19-9-4-3-5-10-19)15-20-26-11-12-28(20)14-17-7-6-8-18(13-17)22(23,24)25/h6-8,11-13,16,19H,3-5,9-10,14-15H2,1-2H3,(H,27,30). The van der Waals surface area contributed by atoms with Gasteiger partial charge in [0.05, 0.1) is 12.1 Å². The van der Waals surface area contributed by atoms with E-state index in [1.54, 1.807) is 18.5 Å². The Labute approximate surface area is 175 Å². The minimum atomic E-state index is -4.37. The molecule has 0 aliphatic heterocycles. The summed E-state index contributed by atoms with van der Waals surface area (Å²) in [6, 6.07) is 5.37. The van der Waals surface area contributed by atoms with Crippen LogP contribution in [0.2, 0.25) is 0 Å². The van der Waals surface area contributed by atoms with Gasteiger partial charge < -0.3 is 14.8 Å². The Morgan fingerprint density at radius 1 is 1.27 bits per heavy atom. The zero-order valence-electron chi connectivity index (χ0n) is 17.5. The maximum atomic E-state index is 13.0. The first-order valence-electron chi connectivity index (χ1n) is 10.5. The Hall–Kier alpha value is -2.51. The summed E-state index contributed by atoms with van der Waals surface area (Å²) in [6.45, 7) is 4.44. The van der Waals surface area contributed by atoms with Gasteiger partial charge in [0.15, 0.2) is 0 Å². The molecule has 2 amide bonds. The topological polar surface area (TPSA) is 50.2 Å². The number of hydrogen-bond acceptors (Lipinski definition) is 2. The molecule has 1 aliphatic rings. The first kappa shape index (κ1) is 22.2. The normalized spacial score (nSPS) is 15.4. The summed E-state index contributed by atoms with van der Waals surface area (Å²) in [4.78, 5) is 19.1. The van der Waals surface area contributed by atoms with Crippen molar-refractivity contribution in [1.82, 2.24) is 19.8 Å². The number of hydrogen-bond donors (Lipinski definition) is 1. The van der Waals surface area contributed by atoms with Gasteiger partial charge in [0, 0.05) is 31.0 Å². The molecule has 2 aromatic rings. The lowest BCUT2D eigenvalue weighted by atomic mass is 9.94. The maximum Gasteiger partial charge on any atom is 0.416 e. The van der Waals surface area contributed by atoms with Gasteiger partial charge in [-0.15, -0.1) is 0 Å². The van der Waals surface area contributed by atoms with E-state index in [9.17, 15) is 18.0 Å². The molecule has 0 bridgehead atoms. The molecule has 0 saturated heterocycles. The van der Waals surface area contributed by atoms with Crippen molar-refractivity contribution in [2.24, 2.45) is 0 Å². The van der Waals surface area contributed by atoms with Crippen molar-refractivity contribution in [2.75, 3.05) is 0 Å². The van der Waals surface area contributed by atoms with Crippen LogP contribution in [0.5, 0.6) is 0 Å². The first-order chi connectivity index (χ1) is 14.2. The number of benzene rings is 1. The van der Waals surface area contributed by atoms with Crippen LogP contribution in [0.15, 0.2) is 36.7 Å². The molecule has 164 valence electrons. The minimum absolute atomic E-state index is 0.0217. The average Bonchev–Trinajstić information content (AvgIpc) is 3.12. The maximum absolute atomic E-state index is 13.0. The van der Waals surface area contributed by atoms with Crippen LogP contribution in [-0.4, -0.2) is 32.6 Å². The van der Waals surface area contributed by atoms with Crippen LogP contribution in [0.4, 0.5) is 18.0 Å². The van der Waals surface area contributed by atoms with E-state index in [1.165, 1.54) is 12.5 Å².